The van der Waals surface area contributed by atoms with E-state index in [4.69, 9.17) is 9.47 Å². The lowest BCUT2D eigenvalue weighted by molar-refractivity contribution is -0.122. The van der Waals surface area contributed by atoms with Gasteiger partial charge in [-0.1, -0.05) is 18.2 Å². The lowest BCUT2D eigenvalue weighted by Crippen LogP contribution is -2.34. The maximum Gasteiger partial charge on any atom is 0.265 e. The van der Waals surface area contributed by atoms with Gasteiger partial charge in [-0.3, -0.25) is 9.59 Å². The number of ether oxygens (including phenoxy) is 2. The van der Waals surface area contributed by atoms with E-state index in [1.165, 1.54) is 0 Å². The summed E-state index contributed by atoms with van der Waals surface area (Å²) >= 11 is 0. The third-order valence-electron chi connectivity index (χ3n) is 3.87. The average Bonchev–Trinajstić information content (AvgIpc) is 2.58. The van der Waals surface area contributed by atoms with Crippen molar-refractivity contribution in [1.82, 2.24) is 0 Å². The Balaban J connectivity index is 1.54. The largest absolute Gasteiger partial charge is 0.493 e. The van der Waals surface area contributed by atoms with Gasteiger partial charge in [0.05, 0.1) is 18.7 Å². The first kappa shape index (κ1) is 16.8. The number of anilines is 2. The lowest BCUT2D eigenvalue weighted by atomic mass is 10.2. The van der Waals surface area contributed by atoms with Crippen LogP contribution in [0.2, 0.25) is 0 Å². The normalized spacial score (nSPS) is 15.6. The zero-order valence-electron chi connectivity index (χ0n) is 14.2. The van der Waals surface area contributed by atoms with Crippen molar-refractivity contribution in [2.24, 2.45) is 0 Å². The molecule has 0 aromatic heterocycles. The molecule has 1 aliphatic heterocycles. The fraction of sp³-hybridized carbons (Fsp3) is 0.263. The lowest BCUT2D eigenvalue weighted by Gasteiger charge is -2.23. The summed E-state index contributed by atoms with van der Waals surface area (Å²) in [6.07, 6.45) is -0.294. The molecule has 0 aliphatic carbocycles. The van der Waals surface area contributed by atoms with Gasteiger partial charge < -0.3 is 20.1 Å². The van der Waals surface area contributed by atoms with Crippen molar-refractivity contribution in [2.75, 3.05) is 17.2 Å². The van der Waals surface area contributed by atoms with E-state index in [2.05, 4.69) is 10.6 Å². The Morgan fingerprint density at radius 2 is 2.08 bits per heavy atom. The van der Waals surface area contributed by atoms with Crippen LogP contribution >= 0.6 is 0 Å². The summed E-state index contributed by atoms with van der Waals surface area (Å²) in [5.41, 5.74) is 2.18. The number of nitrogens with one attached hydrogen (secondary N) is 2. The maximum absolute atomic E-state index is 12.1. The Hall–Kier alpha value is -3.02. The van der Waals surface area contributed by atoms with Crippen molar-refractivity contribution < 1.29 is 19.1 Å². The molecule has 6 heteroatoms. The van der Waals surface area contributed by atoms with E-state index >= 15 is 0 Å². The second-order valence-corrected chi connectivity index (χ2v) is 5.87. The number of carbonyl (C=O) groups excluding carboxylic acids is 2. The van der Waals surface area contributed by atoms with Crippen molar-refractivity contribution in [1.29, 1.82) is 0 Å². The standard InChI is InChI=1S/C19H20N2O4/c1-12-5-3-4-6-16(12)24-10-9-18(22)20-14-7-8-17-15(11-14)21-19(23)13(2)25-17/h3-8,11,13H,9-10H2,1-2H3,(H,20,22)(H,21,23)/t13-/m1/s1. The molecule has 0 radical (unpaired) electrons. The fourth-order valence-electron chi connectivity index (χ4n) is 2.48. The Bertz CT molecular complexity index is 804. The van der Waals surface area contributed by atoms with Gasteiger partial charge in [0, 0.05) is 5.69 Å². The molecule has 3 rings (SSSR count). The van der Waals surface area contributed by atoms with E-state index in [1.54, 1.807) is 25.1 Å². The van der Waals surface area contributed by atoms with Crippen LogP contribution in [0.5, 0.6) is 11.5 Å². The molecule has 0 saturated carbocycles. The van der Waals surface area contributed by atoms with E-state index in [1.807, 2.05) is 31.2 Å². The van der Waals surface area contributed by atoms with Gasteiger partial charge in [-0.05, 0) is 43.7 Å². The molecule has 2 aromatic carbocycles. The summed E-state index contributed by atoms with van der Waals surface area (Å²) in [6.45, 7) is 3.93. The Labute approximate surface area is 146 Å². The van der Waals surface area contributed by atoms with Crippen LogP contribution in [0.4, 0.5) is 11.4 Å². The molecule has 6 nitrogen and oxygen atoms in total. The van der Waals surface area contributed by atoms with Crippen LogP contribution in [0, 0.1) is 6.92 Å². The summed E-state index contributed by atoms with van der Waals surface area (Å²) in [5, 5.41) is 5.55. The molecule has 1 aliphatic rings. The molecule has 2 aromatic rings. The molecule has 2 N–H and O–H groups in total. The molecule has 1 heterocycles. The van der Waals surface area contributed by atoms with Crippen molar-refractivity contribution in [3.63, 3.8) is 0 Å². The zero-order valence-corrected chi connectivity index (χ0v) is 14.2. The quantitative estimate of drug-likeness (QED) is 0.877. The molecule has 130 valence electrons. The fourth-order valence-corrected chi connectivity index (χ4v) is 2.48. The van der Waals surface area contributed by atoms with Crippen molar-refractivity contribution in [3.05, 3.63) is 48.0 Å². The molecular weight excluding hydrogens is 320 g/mol. The van der Waals surface area contributed by atoms with E-state index in [0.717, 1.165) is 11.3 Å². The third-order valence-corrected chi connectivity index (χ3v) is 3.87. The first-order valence-electron chi connectivity index (χ1n) is 8.13. The summed E-state index contributed by atoms with van der Waals surface area (Å²) < 4.78 is 11.1. The average molecular weight is 340 g/mol. The number of para-hydroxylation sites is 1. The van der Waals surface area contributed by atoms with Crippen LogP contribution in [0.15, 0.2) is 42.5 Å². The predicted molar refractivity (Wildman–Crippen MR) is 95.1 cm³/mol. The number of fused-ring (bicyclic) bond motifs is 1. The number of rotatable bonds is 5. The number of hydrogen-bond donors (Lipinski definition) is 2. The number of amides is 2. The number of hydrogen-bond acceptors (Lipinski definition) is 4. The van der Waals surface area contributed by atoms with Crippen molar-refractivity contribution in [3.8, 4) is 11.5 Å². The van der Waals surface area contributed by atoms with Crippen molar-refractivity contribution in [2.45, 2.75) is 26.4 Å². The summed E-state index contributed by atoms with van der Waals surface area (Å²) in [5.74, 6) is 0.999. The van der Waals surface area contributed by atoms with Crippen LogP contribution in [-0.4, -0.2) is 24.5 Å². The van der Waals surface area contributed by atoms with Gasteiger partial charge in [0.2, 0.25) is 5.91 Å². The Morgan fingerprint density at radius 3 is 2.88 bits per heavy atom. The van der Waals surface area contributed by atoms with Crippen LogP contribution < -0.4 is 20.1 Å². The highest BCUT2D eigenvalue weighted by atomic mass is 16.5. The molecule has 0 saturated heterocycles. The second kappa shape index (κ2) is 7.25. The van der Waals surface area contributed by atoms with Gasteiger partial charge >= 0.3 is 0 Å². The van der Waals surface area contributed by atoms with Crippen LogP contribution in [0.1, 0.15) is 18.9 Å². The van der Waals surface area contributed by atoms with E-state index in [-0.39, 0.29) is 18.2 Å². The highest BCUT2D eigenvalue weighted by Crippen LogP contribution is 2.32. The predicted octanol–water partition coefficient (Wildman–Crippen LogP) is 3.12. The molecule has 0 unspecified atom stereocenters. The molecule has 2 amide bonds. The highest BCUT2D eigenvalue weighted by molar-refractivity contribution is 5.99. The minimum Gasteiger partial charge on any atom is -0.493 e. The summed E-state index contributed by atoms with van der Waals surface area (Å²) in [4.78, 5) is 23.7. The number of aryl methyl sites for hydroxylation is 1. The van der Waals surface area contributed by atoms with Crippen LogP contribution in [0.3, 0.4) is 0 Å². The van der Waals surface area contributed by atoms with Crippen LogP contribution in [-0.2, 0) is 9.59 Å². The summed E-state index contributed by atoms with van der Waals surface area (Å²) in [7, 11) is 0. The maximum atomic E-state index is 12.1. The van der Waals surface area contributed by atoms with E-state index in [9.17, 15) is 9.59 Å². The first-order valence-corrected chi connectivity index (χ1v) is 8.13. The summed E-state index contributed by atoms with van der Waals surface area (Å²) in [6, 6.07) is 12.8. The SMILES string of the molecule is Cc1ccccc1OCCC(=O)Nc1ccc2c(c1)NC(=O)[C@@H](C)O2. The highest BCUT2D eigenvalue weighted by Gasteiger charge is 2.23. The molecule has 25 heavy (non-hydrogen) atoms. The van der Waals surface area contributed by atoms with Gasteiger partial charge in [0.25, 0.3) is 5.91 Å². The number of benzene rings is 2. The minimum atomic E-state index is -0.522. The monoisotopic (exact) mass is 340 g/mol. The number of carbonyl (C=O) groups is 2. The van der Waals surface area contributed by atoms with Crippen molar-refractivity contribution >= 4 is 23.2 Å². The molecule has 1 atom stereocenters. The van der Waals surface area contributed by atoms with Crippen LogP contribution in [0.25, 0.3) is 0 Å². The minimum absolute atomic E-state index is 0.162. The molecule has 0 fully saturated rings. The van der Waals surface area contributed by atoms with Gasteiger partial charge in [0.1, 0.15) is 11.5 Å². The molecule has 0 bridgehead atoms. The van der Waals surface area contributed by atoms with Gasteiger partial charge in [-0.15, -0.1) is 0 Å². The molecular formula is C19H20N2O4. The van der Waals surface area contributed by atoms with Gasteiger partial charge in [-0.25, -0.2) is 0 Å². The first-order chi connectivity index (χ1) is 12.0. The second-order valence-electron chi connectivity index (χ2n) is 5.87. The zero-order chi connectivity index (χ0) is 17.8. The van der Waals surface area contributed by atoms with Gasteiger partial charge in [0.15, 0.2) is 6.10 Å². The van der Waals surface area contributed by atoms with E-state index in [0.29, 0.717) is 23.7 Å². The smallest absolute Gasteiger partial charge is 0.265 e. The van der Waals surface area contributed by atoms with E-state index < -0.39 is 6.10 Å². The van der Waals surface area contributed by atoms with Gasteiger partial charge in [-0.2, -0.15) is 0 Å². The third kappa shape index (κ3) is 4.09. The Morgan fingerprint density at radius 1 is 1.28 bits per heavy atom. The Kier molecular flexibility index (Phi) is 4.88. The topological polar surface area (TPSA) is 76.7 Å². The molecule has 0 spiro atoms.